The zero-order chi connectivity index (χ0) is 17.4. The van der Waals surface area contributed by atoms with Gasteiger partial charge in [-0.2, -0.15) is 11.3 Å². The lowest BCUT2D eigenvalue weighted by Crippen LogP contribution is -2.41. The van der Waals surface area contributed by atoms with Gasteiger partial charge in [0.2, 0.25) is 0 Å². The van der Waals surface area contributed by atoms with Gasteiger partial charge in [-0.15, -0.1) is 0 Å². The predicted octanol–water partition coefficient (Wildman–Crippen LogP) is 4.78. The van der Waals surface area contributed by atoms with Crippen molar-refractivity contribution in [2.24, 2.45) is 0 Å². The molecular weight excluding hydrogens is 330 g/mol. The molecule has 2 aromatic carbocycles. The number of rotatable bonds is 2. The molecule has 122 valence electrons. The van der Waals surface area contributed by atoms with Gasteiger partial charge in [0, 0.05) is 11.1 Å². The number of benzene rings is 2. The maximum absolute atomic E-state index is 13.2. The molecule has 2 heterocycles. The molecule has 4 rings (SSSR count). The number of amides is 2. The molecule has 3 nitrogen and oxygen atoms in total. The van der Waals surface area contributed by atoms with Crippen molar-refractivity contribution in [1.29, 1.82) is 0 Å². The van der Waals surface area contributed by atoms with Gasteiger partial charge in [0.1, 0.15) is 0 Å². The highest BCUT2D eigenvalue weighted by Gasteiger charge is 2.35. The fourth-order valence-electron chi connectivity index (χ4n) is 2.94. The van der Waals surface area contributed by atoms with Crippen molar-refractivity contribution in [1.82, 2.24) is 0 Å². The standard InChI is InChI=1S/C21H15NO2S/c1-14-6-8-16(9-7-14)22-20(23)18-5-3-2-4-17(18)19(21(22)24)12-15-10-11-25-13-15/h2-13H,1H3/b19-12-. The second-order valence-electron chi connectivity index (χ2n) is 5.94. The summed E-state index contributed by atoms with van der Waals surface area (Å²) in [6.45, 7) is 1.97. The van der Waals surface area contributed by atoms with Crippen molar-refractivity contribution in [3.63, 3.8) is 0 Å². The summed E-state index contributed by atoms with van der Waals surface area (Å²) < 4.78 is 0. The third-order valence-corrected chi connectivity index (χ3v) is 4.93. The Kier molecular flexibility index (Phi) is 3.82. The van der Waals surface area contributed by atoms with Crippen LogP contribution in [0.5, 0.6) is 0 Å². The number of imide groups is 1. The van der Waals surface area contributed by atoms with Crippen LogP contribution in [0.4, 0.5) is 5.69 Å². The van der Waals surface area contributed by atoms with Crippen LogP contribution < -0.4 is 4.90 Å². The zero-order valence-corrected chi connectivity index (χ0v) is 14.4. The van der Waals surface area contributed by atoms with E-state index in [2.05, 4.69) is 0 Å². The minimum atomic E-state index is -0.293. The normalized spacial score (nSPS) is 15.6. The van der Waals surface area contributed by atoms with E-state index in [1.807, 2.05) is 60.2 Å². The summed E-state index contributed by atoms with van der Waals surface area (Å²) in [6, 6.07) is 16.6. The fraction of sp³-hybridized carbons (Fsp3) is 0.0476. The Morgan fingerprint density at radius 3 is 2.28 bits per heavy atom. The molecule has 0 fully saturated rings. The lowest BCUT2D eigenvalue weighted by atomic mass is 9.92. The molecule has 0 N–H and O–H groups in total. The van der Waals surface area contributed by atoms with Gasteiger partial charge in [0.25, 0.3) is 11.8 Å². The molecule has 1 aliphatic rings. The van der Waals surface area contributed by atoms with Crippen LogP contribution in [0.2, 0.25) is 0 Å². The second kappa shape index (κ2) is 6.15. The van der Waals surface area contributed by atoms with Gasteiger partial charge in [-0.05, 0) is 59.2 Å². The van der Waals surface area contributed by atoms with E-state index in [1.54, 1.807) is 29.5 Å². The molecule has 0 aliphatic carbocycles. The minimum Gasteiger partial charge on any atom is -0.268 e. The first-order valence-electron chi connectivity index (χ1n) is 7.94. The molecule has 1 aliphatic heterocycles. The number of hydrogen-bond acceptors (Lipinski definition) is 3. The third kappa shape index (κ3) is 2.71. The van der Waals surface area contributed by atoms with E-state index in [9.17, 15) is 9.59 Å². The Morgan fingerprint density at radius 1 is 0.880 bits per heavy atom. The number of hydrogen-bond donors (Lipinski definition) is 0. The monoisotopic (exact) mass is 345 g/mol. The van der Waals surface area contributed by atoms with Gasteiger partial charge in [-0.1, -0.05) is 35.9 Å². The van der Waals surface area contributed by atoms with Crippen LogP contribution >= 0.6 is 11.3 Å². The predicted molar refractivity (Wildman–Crippen MR) is 102 cm³/mol. The summed E-state index contributed by atoms with van der Waals surface area (Å²) in [4.78, 5) is 27.4. The van der Waals surface area contributed by atoms with E-state index in [1.165, 1.54) is 4.90 Å². The average Bonchev–Trinajstić information content (AvgIpc) is 3.14. The first kappa shape index (κ1) is 15.5. The van der Waals surface area contributed by atoms with Crippen LogP contribution in [0.3, 0.4) is 0 Å². The number of fused-ring (bicyclic) bond motifs is 1. The Labute approximate surface area is 149 Å². The van der Waals surface area contributed by atoms with Crippen molar-refractivity contribution in [3.05, 3.63) is 87.6 Å². The zero-order valence-electron chi connectivity index (χ0n) is 13.6. The SMILES string of the molecule is Cc1ccc(N2C(=O)/C(=C\c3ccsc3)c3ccccc3C2=O)cc1. The first-order valence-corrected chi connectivity index (χ1v) is 8.88. The van der Waals surface area contributed by atoms with E-state index in [-0.39, 0.29) is 11.8 Å². The smallest absolute Gasteiger partial charge is 0.265 e. The summed E-state index contributed by atoms with van der Waals surface area (Å²) in [5.74, 6) is -0.578. The molecule has 2 amide bonds. The van der Waals surface area contributed by atoms with Gasteiger partial charge in [-0.3, -0.25) is 9.59 Å². The molecule has 4 heteroatoms. The Bertz CT molecular complexity index is 985. The number of carbonyl (C=O) groups is 2. The van der Waals surface area contributed by atoms with Gasteiger partial charge >= 0.3 is 0 Å². The van der Waals surface area contributed by atoms with E-state index >= 15 is 0 Å². The summed E-state index contributed by atoms with van der Waals surface area (Å²) in [5, 5.41) is 3.95. The Hall–Kier alpha value is -2.98. The topological polar surface area (TPSA) is 37.4 Å². The molecule has 1 aromatic heterocycles. The maximum Gasteiger partial charge on any atom is 0.265 e. The third-order valence-electron chi connectivity index (χ3n) is 4.23. The van der Waals surface area contributed by atoms with Crippen molar-refractivity contribution in [3.8, 4) is 0 Å². The summed E-state index contributed by atoms with van der Waals surface area (Å²) >= 11 is 1.57. The molecule has 0 saturated heterocycles. The highest BCUT2D eigenvalue weighted by atomic mass is 32.1. The minimum absolute atomic E-state index is 0.285. The average molecular weight is 345 g/mol. The quantitative estimate of drug-likeness (QED) is 0.495. The van der Waals surface area contributed by atoms with Gasteiger partial charge < -0.3 is 0 Å². The fourth-order valence-corrected chi connectivity index (χ4v) is 3.56. The van der Waals surface area contributed by atoms with Crippen molar-refractivity contribution in [2.45, 2.75) is 6.92 Å². The molecule has 0 atom stereocenters. The molecule has 0 bridgehead atoms. The highest BCUT2D eigenvalue weighted by Crippen LogP contribution is 2.33. The summed E-state index contributed by atoms with van der Waals surface area (Å²) in [7, 11) is 0. The van der Waals surface area contributed by atoms with E-state index in [0.29, 0.717) is 22.4 Å². The van der Waals surface area contributed by atoms with Crippen LogP contribution in [0.1, 0.15) is 27.0 Å². The van der Waals surface area contributed by atoms with Gasteiger partial charge in [-0.25, -0.2) is 4.90 Å². The van der Waals surface area contributed by atoms with E-state index < -0.39 is 0 Å². The van der Waals surface area contributed by atoms with Crippen LogP contribution in [0, 0.1) is 6.92 Å². The largest absolute Gasteiger partial charge is 0.268 e. The molecule has 0 saturated carbocycles. The number of carbonyl (C=O) groups excluding carboxylic acids is 2. The van der Waals surface area contributed by atoms with Gasteiger partial charge in [0.15, 0.2) is 0 Å². The van der Waals surface area contributed by atoms with Gasteiger partial charge in [0.05, 0.1) is 5.69 Å². The number of anilines is 1. The number of thiophene rings is 1. The molecular formula is C21H15NO2S. The molecule has 3 aromatic rings. The number of nitrogens with zero attached hydrogens (tertiary/aromatic N) is 1. The van der Waals surface area contributed by atoms with Crippen LogP contribution in [-0.4, -0.2) is 11.8 Å². The second-order valence-corrected chi connectivity index (χ2v) is 6.72. The van der Waals surface area contributed by atoms with E-state index in [4.69, 9.17) is 0 Å². The molecule has 25 heavy (non-hydrogen) atoms. The maximum atomic E-state index is 13.2. The Balaban J connectivity index is 1.90. The van der Waals surface area contributed by atoms with Crippen LogP contribution in [0.15, 0.2) is 65.4 Å². The first-order chi connectivity index (χ1) is 12.1. The molecule has 0 radical (unpaired) electrons. The number of aryl methyl sites for hydroxylation is 1. The molecule has 0 unspecified atom stereocenters. The lowest BCUT2D eigenvalue weighted by molar-refractivity contribution is -0.112. The summed E-state index contributed by atoms with van der Waals surface area (Å²) in [5.41, 5.74) is 4.40. The Morgan fingerprint density at radius 2 is 1.60 bits per heavy atom. The summed E-state index contributed by atoms with van der Waals surface area (Å²) in [6.07, 6.45) is 1.85. The van der Waals surface area contributed by atoms with E-state index in [0.717, 1.165) is 11.1 Å². The van der Waals surface area contributed by atoms with Crippen LogP contribution in [0.25, 0.3) is 11.6 Å². The van der Waals surface area contributed by atoms with Crippen molar-refractivity contribution < 1.29 is 9.59 Å². The highest BCUT2D eigenvalue weighted by molar-refractivity contribution is 7.08. The van der Waals surface area contributed by atoms with Crippen LogP contribution in [-0.2, 0) is 4.79 Å². The lowest BCUT2D eigenvalue weighted by Gasteiger charge is -2.28. The van der Waals surface area contributed by atoms with Crippen molar-refractivity contribution in [2.75, 3.05) is 4.90 Å². The van der Waals surface area contributed by atoms with Crippen molar-refractivity contribution >= 4 is 40.5 Å². The molecule has 0 spiro atoms.